The molecule has 5 heteroatoms. The molecule has 1 unspecified atom stereocenters. The first-order chi connectivity index (χ1) is 9.69. The van der Waals surface area contributed by atoms with Crippen molar-refractivity contribution in [3.8, 4) is 11.3 Å². The molecule has 20 heavy (non-hydrogen) atoms. The van der Waals surface area contributed by atoms with Crippen molar-refractivity contribution in [2.24, 2.45) is 0 Å². The van der Waals surface area contributed by atoms with E-state index in [4.69, 9.17) is 0 Å². The van der Waals surface area contributed by atoms with Crippen LogP contribution in [0.3, 0.4) is 0 Å². The number of nitrogens with one attached hydrogen (secondary N) is 2. The maximum absolute atomic E-state index is 9.68. The molecule has 3 rings (SSSR count). The van der Waals surface area contributed by atoms with Gasteiger partial charge in [-0.25, -0.2) is 4.98 Å². The zero-order valence-corrected chi connectivity index (χ0v) is 11.4. The van der Waals surface area contributed by atoms with Gasteiger partial charge in [0, 0.05) is 24.2 Å². The third kappa shape index (κ3) is 2.12. The molecule has 102 valence electrons. The Morgan fingerprint density at radius 1 is 1.25 bits per heavy atom. The molecule has 0 fully saturated rings. The Bertz CT molecular complexity index is 748. The summed E-state index contributed by atoms with van der Waals surface area (Å²) in [5.74, 6) is 0.777. The summed E-state index contributed by atoms with van der Waals surface area (Å²) >= 11 is 0. The second-order valence-electron chi connectivity index (χ2n) is 4.67. The van der Waals surface area contributed by atoms with Crippen molar-refractivity contribution >= 4 is 16.9 Å². The van der Waals surface area contributed by atoms with Gasteiger partial charge >= 0.3 is 0 Å². The summed E-state index contributed by atoms with van der Waals surface area (Å²) < 4.78 is 0. The molecule has 0 amide bonds. The van der Waals surface area contributed by atoms with Crippen LogP contribution in [0.2, 0.25) is 0 Å². The van der Waals surface area contributed by atoms with E-state index in [0.29, 0.717) is 5.69 Å². The highest BCUT2D eigenvalue weighted by molar-refractivity contribution is 5.93. The number of fused-ring (bicyclic) bond motifs is 1. The van der Waals surface area contributed by atoms with E-state index in [2.05, 4.69) is 20.3 Å². The number of aliphatic hydroxyl groups excluding tert-OH is 1. The fourth-order valence-corrected chi connectivity index (χ4v) is 2.21. The third-order valence-electron chi connectivity index (χ3n) is 3.26. The summed E-state index contributed by atoms with van der Waals surface area (Å²) in [5, 5.41) is 13.7. The SMILES string of the molecule is CNc1cc(-c2cccc(C(C)O)n2)c2cc[nH]c2n1. The number of hydrogen-bond donors (Lipinski definition) is 3. The summed E-state index contributed by atoms with van der Waals surface area (Å²) in [4.78, 5) is 12.1. The molecular formula is C15H16N4O. The number of H-pyrrole nitrogens is 1. The van der Waals surface area contributed by atoms with Crippen molar-refractivity contribution in [1.29, 1.82) is 0 Å². The molecule has 0 radical (unpaired) electrons. The first-order valence-corrected chi connectivity index (χ1v) is 6.50. The van der Waals surface area contributed by atoms with Crippen LogP contribution in [0.15, 0.2) is 36.5 Å². The monoisotopic (exact) mass is 268 g/mol. The molecule has 1 atom stereocenters. The van der Waals surface area contributed by atoms with Gasteiger partial charge in [-0.2, -0.15) is 0 Å². The molecule has 0 saturated heterocycles. The molecular weight excluding hydrogens is 252 g/mol. The maximum atomic E-state index is 9.68. The van der Waals surface area contributed by atoms with E-state index in [0.717, 1.165) is 28.1 Å². The summed E-state index contributed by atoms with van der Waals surface area (Å²) in [6.07, 6.45) is 1.28. The molecule has 0 aliphatic rings. The molecule has 3 aromatic heterocycles. The average Bonchev–Trinajstić information content (AvgIpc) is 2.94. The number of nitrogens with zero attached hydrogens (tertiary/aromatic N) is 2. The van der Waals surface area contributed by atoms with Crippen molar-refractivity contribution in [2.45, 2.75) is 13.0 Å². The van der Waals surface area contributed by atoms with E-state index < -0.39 is 6.10 Å². The van der Waals surface area contributed by atoms with Gasteiger partial charge in [0.2, 0.25) is 0 Å². The fraction of sp³-hybridized carbons (Fsp3) is 0.200. The average molecular weight is 268 g/mol. The van der Waals surface area contributed by atoms with E-state index in [9.17, 15) is 5.11 Å². The second kappa shape index (κ2) is 4.94. The van der Waals surface area contributed by atoms with Crippen molar-refractivity contribution in [3.05, 3.63) is 42.2 Å². The number of pyridine rings is 2. The van der Waals surface area contributed by atoms with Crippen LogP contribution in [0.5, 0.6) is 0 Å². The van der Waals surface area contributed by atoms with Gasteiger partial charge in [0.15, 0.2) is 0 Å². The van der Waals surface area contributed by atoms with E-state index in [1.807, 2.05) is 43.6 Å². The minimum atomic E-state index is -0.581. The number of aromatic nitrogens is 3. The molecule has 0 aromatic carbocycles. The first kappa shape index (κ1) is 12.6. The molecule has 5 nitrogen and oxygen atoms in total. The molecule has 0 saturated carbocycles. The molecule has 0 aliphatic heterocycles. The normalized spacial score (nSPS) is 12.6. The van der Waals surface area contributed by atoms with Crippen molar-refractivity contribution in [2.75, 3.05) is 12.4 Å². The van der Waals surface area contributed by atoms with Crippen LogP contribution >= 0.6 is 0 Å². The van der Waals surface area contributed by atoms with Gasteiger partial charge in [0.05, 0.1) is 17.5 Å². The van der Waals surface area contributed by atoms with Crippen LogP contribution in [0, 0.1) is 0 Å². The number of aromatic amines is 1. The maximum Gasteiger partial charge on any atom is 0.140 e. The second-order valence-corrected chi connectivity index (χ2v) is 4.67. The summed E-state index contributed by atoms with van der Waals surface area (Å²) in [6.45, 7) is 1.71. The highest BCUT2D eigenvalue weighted by Gasteiger charge is 2.11. The number of aliphatic hydroxyl groups is 1. The van der Waals surface area contributed by atoms with Gasteiger partial charge in [0.25, 0.3) is 0 Å². The van der Waals surface area contributed by atoms with E-state index in [-0.39, 0.29) is 0 Å². The summed E-state index contributed by atoms with van der Waals surface area (Å²) in [5.41, 5.74) is 3.29. The molecule has 0 spiro atoms. The Labute approximate surface area is 116 Å². The van der Waals surface area contributed by atoms with Gasteiger partial charge < -0.3 is 15.4 Å². The Hall–Kier alpha value is -2.40. The van der Waals surface area contributed by atoms with E-state index in [1.54, 1.807) is 6.92 Å². The van der Waals surface area contributed by atoms with Crippen LogP contribution in [-0.2, 0) is 0 Å². The summed E-state index contributed by atoms with van der Waals surface area (Å²) in [7, 11) is 1.83. The lowest BCUT2D eigenvalue weighted by molar-refractivity contribution is 0.194. The van der Waals surface area contributed by atoms with Crippen molar-refractivity contribution in [3.63, 3.8) is 0 Å². The van der Waals surface area contributed by atoms with Crippen molar-refractivity contribution < 1.29 is 5.11 Å². The predicted molar refractivity (Wildman–Crippen MR) is 79.5 cm³/mol. The molecule has 0 aliphatic carbocycles. The zero-order valence-electron chi connectivity index (χ0n) is 11.4. The number of hydrogen-bond acceptors (Lipinski definition) is 4. The lowest BCUT2D eigenvalue weighted by atomic mass is 10.1. The number of anilines is 1. The quantitative estimate of drug-likeness (QED) is 0.683. The molecule has 0 bridgehead atoms. The zero-order chi connectivity index (χ0) is 14.1. The highest BCUT2D eigenvalue weighted by atomic mass is 16.3. The smallest absolute Gasteiger partial charge is 0.140 e. The van der Waals surface area contributed by atoms with E-state index >= 15 is 0 Å². The predicted octanol–water partition coefficient (Wildman–Crippen LogP) is 2.72. The van der Waals surface area contributed by atoms with Gasteiger partial charge in [0.1, 0.15) is 11.5 Å². The fourth-order valence-electron chi connectivity index (χ4n) is 2.21. The Morgan fingerprint density at radius 3 is 2.85 bits per heavy atom. The molecule has 3 aromatic rings. The summed E-state index contributed by atoms with van der Waals surface area (Å²) in [6, 6.07) is 9.61. The number of rotatable bonds is 3. The van der Waals surface area contributed by atoms with Gasteiger partial charge in [-0.1, -0.05) is 6.07 Å². The third-order valence-corrected chi connectivity index (χ3v) is 3.26. The van der Waals surface area contributed by atoms with Crippen LogP contribution in [0.4, 0.5) is 5.82 Å². The van der Waals surface area contributed by atoms with Gasteiger partial charge in [-0.05, 0) is 31.2 Å². The minimum absolute atomic E-state index is 0.581. The lowest BCUT2D eigenvalue weighted by Gasteiger charge is -2.09. The topological polar surface area (TPSA) is 73.8 Å². The Kier molecular flexibility index (Phi) is 3.12. The van der Waals surface area contributed by atoms with Gasteiger partial charge in [-0.3, -0.25) is 4.98 Å². The highest BCUT2D eigenvalue weighted by Crippen LogP contribution is 2.29. The molecule has 3 heterocycles. The lowest BCUT2D eigenvalue weighted by Crippen LogP contribution is -1.98. The Morgan fingerprint density at radius 2 is 2.10 bits per heavy atom. The molecule has 3 N–H and O–H groups in total. The first-order valence-electron chi connectivity index (χ1n) is 6.50. The van der Waals surface area contributed by atoms with Gasteiger partial charge in [-0.15, -0.1) is 0 Å². The van der Waals surface area contributed by atoms with E-state index in [1.165, 1.54) is 0 Å². The van der Waals surface area contributed by atoms with Crippen LogP contribution in [-0.4, -0.2) is 27.1 Å². The van der Waals surface area contributed by atoms with Crippen molar-refractivity contribution in [1.82, 2.24) is 15.0 Å². The minimum Gasteiger partial charge on any atom is -0.387 e. The largest absolute Gasteiger partial charge is 0.387 e. The van der Waals surface area contributed by atoms with Crippen LogP contribution in [0.25, 0.3) is 22.3 Å². The van der Waals surface area contributed by atoms with Crippen LogP contribution < -0.4 is 5.32 Å². The Balaban J connectivity index is 2.22. The van der Waals surface area contributed by atoms with Crippen LogP contribution in [0.1, 0.15) is 18.7 Å². The standard InChI is InChI=1S/C15H16N4O/c1-9(20)12-4-3-5-13(18-12)11-8-14(16-2)19-15-10(11)6-7-17-15/h3-9,20H,1-2H3,(H2,16,17,19).